The maximum absolute atomic E-state index is 12.9. The Bertz CT molecular complexity index is 874. The molecule has 0 aliphatic heterocycles. The molecule has 0 aliphatic rings. The van der Waals surface area contributed by atoms with Crippen LogP contribution in [0.4, 0.5) is 10.1 Å². The third kappa shape index (κ3) is 3.46. The minimum Gasteiger partial charge on any atom is -0.322 e. The van der Waals surface area contributed by atoms with Crippen LogP contribution in [-0.4, -0.2) is 15.9 Å². The number of aryl methyl sites for hydroxylation is 2. The molecule has 2 aromatic carbocycles. The van der Waals surface area contributed by atoms with Gasteiger partial charge in [0.2, 0.25) is 0 Å². The van der Waals surface area contributed by atoms with E-state index in [-0.39, 0.29) is 11.7 Å². The van der Waals surface area contributed by atoms with Crippen LogP contribution in [0.25, 0.3) is 11.4 Å². The van der Waals surface area contributed by atoms with E-state index in [9.17, 15) is 9.18 Å². The molecule has 0 saturated heterocycles. The van der Waals surface area contributed by atoms with Gasteiger partial charge in [-0.25, -0.2) is 14.4 Å². The predicted molar refractivity (Wildman–Crippen MR) is 91.3 cm³/mol. The van der Waals surface area contributed by atoms with Crippen molar-refractivity contribution in [2.24, 2.45) is 0 Å². The van der Waals surface area contributed by atoms with E-state index in [1.54, 1.807) is 12.1 Å². The van der Waals surface area contributed by atoms with Gasteiger partial charge in [-0.3, -0.25) is 4.79 Å². The SMILES string of the molecule is Cc1ccc(NC(=O)c2cnc(-c3ccc(F)cc3)nc2)cc1C. The summed E-state index contributed by atoms with van der Waals surface area (Å²) in [5.41, 5.74) is 4.05. The number of anilines is 1. The van der Waals surface area contributed by atoms with Crippen molar-refractivity contribution in [3.63, 3.8) is 0 Å². The average Bonchev–Trinajstić information content (AvgIpc) is 2.59. The summed E-state index contributed by atoms with van der Waals surface area (Å²) in [5.74, 6) is -0.148. The number of carbonyl (C=O) groups excluding carboxylic acids is 1. The third-order valence-corrected chi connectivity index (χ3v) is 3.78. The zero-order valence-electron chi connectivity index (χ0n) is 13.4. The van der Waals surface area contributed by atoms with Gasteiger partial charge >= 0.3 is 0 Å². The Kier molecular flexibility index (Phi) is 4.33. The first-order valence-electron chi connectivity index (χ1n) is 7.49. The van der Waals surface area contributed by atoms with Crippen molar-refractivity contribution in [1.82, 2.24) is 9.97 Å². The molecule has 5 heteroatoms. The standard InChI is InChI=1S/C19H16FN3O/c1-12-3-8-17(9-13(12)2)23-19(24)15-10-21-18(22-11-15)14-4-6-16(20)7-5-14/h3-11H,1-2H3,(H,23,24). The summed E-state index contributed by atoms with van der Waals surface area (Å²) in [7, 11) is 0. The maximum atomic E-state index is 12.9. The largest absolute Gasteiger partial charge is 0.322 e. The summed E-state index contributed by atoms with van der Waals surface area (Å²) < 4.78 is 12.9. The van der Waals surface area contributed by atoms with Gasteiger partial charge in [0, 0.05) is 23.6 Å². The number of aromatic nitrogens is 2. The molecule has 0 fully saturated rings. The van der Waals surface area contributed by atoms with Crippen LogP contribution in [0.5, 0.6) is 0 Å². The topological polar surface area (TPSA) is 54.9 Å². The lowest BCUT2D eigenvalue weighted by Gasteiger charge is -2.08. The second-order valence-electron chi connectivity index (χ2n) is 5.56. The van der Waals surface area contributed by atoms with Crippen LogP contribution in [0.15, 0.2) is 54.9 Å². The predicted octanol–water partition coefficient (Wildman–Crippen LogP) is 4.15. The number of halogens is 1. The molecule has 3 rings (SSSR count). The van der Waals surface area contributed by atoms with E-state index >= 15 is 0 Å². The number of hydrogen-bond acceptors (Lipinski definition) is 3. The number of nitrogens with zero attached hydrogens (tertiary/aromatic N) is 2. The Hall–Kier alpha value is -3.08. The van der Waals surface area contributed by atoms with Gasteiger partial charge in [0.1, 0.15) is 5.82 Å². The van der Waals surface area contributed by atoms with Crippen LogP contribution in [0.3, 0.4) is 0 Å². The molecule has 0 spiro atoms. The van der Waals surface area contributed by atoms with Gasteiger partial charge < -0.3 is 5.32 Å². The number of carbonyl (C=O) groups is 1. The minimum atomic E-state index is -0.317. The molecule has 120 valence electrons. The smallest absolute Gasteiger partial charge is 0.258 e. The van der Waals surface area contributed by atoms with E-state index in [0.717, 1.165) is 11.3 Å². The molecule has 1 heterocycles. The van der Waals surface area contributed by atoms with E-state index in [1.807, 2.05) is 32.0 Å². The van der Waals surface area contributed by atoms with Gasteiger partial charge in [0.25, 0.3) is 5.91 Å². The molecule has 0 saturated carbocycles. The van der Waals surface area contributed by atoms with Crippen molar-refractivity contribution >= 4 is 11.6 Å². The van der Waals surface area contributed by atoms with Crippen LogP contribution in [0.1, 0.15) is 21.5 Å². The highest BCUT2D eigenvalue weighted by atomic mass is 19.1. The highest BCUT2D eigenvalue weighted by Crippen LogP contribution is 2.17. The molecule has 4 nitrogen and oxygen atoms in total. The van der Waals surface area contributed by atoms with Crippen LogP contribution in [-0.2, 0) is 0 Å². The molecular weight excluding hydrogens is 305 g/mol. The lowest BCUT2D eigenvalue weighted by Crippen LogP contribution is -2.13. The first-order valence-corrected chi connectivity index (χ1v) is 7.49. The van der Waals surface area contributed by atoms with Crippen molar-refractivity contribution in [2.75, 3.05) is 5.32 Å². The maximum Gasteiger partial charge on any atom is 0.258 e. The third-order valence-electron chi connectivity index (χ3n) is 3.78. The molecule has 24 heavy (non-hydrogen) atoms. The second-order valence-corrected chi connectivity index (χ2v) is 5.56. The van der Waals surface area contributed by atoms with Crippen molar-refractivity contribution in [1.29, 1.82) is 0 Å². The molecule has 1 amide bonds. The van der Waals surface area contributed by atoms with Gasteiger partial charge in [-0.2, -0.15) is 0 Å². The monoisotopic (exact) mass is 321 g/mol. The average molecular weight is 321 g/mol. The van der Waals surface area contributed by atoms with Gasteiger partial charge in [-0.15, -0.1) is 0 Å². The Morgan fingerprint density at radius 1 is 0.958 bits per heavy atom. The number of nitrogens with one attached hydrogen (secondary N) is 1. The van der Waals surface area contributed by atoms with E-state index in [2.05, 4.69) is 15.3 Å². The zero-order valence-corrected chi connectivity index (χ0v) is 13.4. The number of benzene rings is 2. The van der Waals surface area contributed by atoms with E-state index in [0.29, 0.717) is 17.0 Å². The minimum absolute atomic E-state index is 0.274. The van der Waals surface area contributed by atoms with Gasteiger partial charge in [0.05, 0.1) is 5.56 Å². The number of amides is 1. The first kappa shape index (κ1) is 15.8. The molecule has 0 aliphatic carbocycles. The molecular formula is C19H16FN3O. The highest BCUT2D eigenvalue weighted by Gasteiger charge is 2.09. The highest BCUT2D eigenvalue weighted by molar-refractivity contribution is 6.04. The lowest BCUT2D eigenvalue weighted by atomic mass is 10.1. The van der Waals surface area contributed by atoms with E-state index in [1.165, 1.54) is 30.1 Å². The fourth-order valence-electron chi connectivity index (χ4n) is 2.22. The van der Waals surface area contributed by atoms with Crippen LogP contribution < -0.4 is 5.32 Å². The van der Waals surface area contributed by atoms with Crippen molar-refractivity contribution in [3.05, 3.63) is 77.4 Å². The van der Waals surface area contributed by atoms with Crippen molar-refractivity contribution < 1.29 is 9.18 Å². The number of rotatable bonds is 3. The molecule has 0 bridgehead atoms. The van der Waals surface area contributed by atoms with Crippen LogP contribution >= 0.6 is 0 Å². The molecule has 0 unspecified atom stereocenters. The van der Waals surface area contributed by atoms with Crippen LogP contribution in [0, 0.1) is 19.7 Å². The molecule has 1 aromatic heterocycles. The Morgan fingerprint density at radius 3 is 2.25 bits per heavy atom. The molecule has 1 N–H and O–H groups in total. The van der Waals surface area contributed by atoms with Gasteiger partial charge in [-0.1, -0.05) is 6.07 Å². The fraction of sp³-hybridized carbons (Fsp3) is 0.105. The first-order chi connectivity index (χ1) is 11.5. The quantitative estimate of drug-likeness (QED) is 0.788. The number of hydrogen-bond donors (Lipinski definition) is 1. The van der Waals surface area contributed by atoms with Crippen molar-refractivity contribution in [3.8, 4) is 11.4 Å². The summed E-state index contributed by atoms with van der Waals surface area (Å²) >= 11 is 0. The molecule has 3 aromatic rings. The van der Waals surface area contributed by atoms with Gasteiger partial charge in [0.15, 0.2) is 5.82 Å². The van der Waals surface area contributed by atoms with Gasteiger partial charge in [-0.05, 0) is 61.4 Å². The van der Waals surface area contributed by atoms with E-state index < -0.39 is 0 Å². The Labute approximate surface area is 139 Å². The summed E-state index contributed by atoms with van der Waals surface area (Å²) in [5, 5.41) is 2.82. The zero-order chi connectivity index (χ0) is 17.1. The summed E-state index contributed by atoms with van der Waals surface area (Å²) in [6, 6.07) is 11.6. The van der Waals surface area contributed by atoms with Crippen molar-refractivity contribution in [2.45, 2.75) is 13.8 Å². The van der Waals surface area contributed by atoms with E-state index in [4.69, 9.17) is 0 Å². The molecule has 0 atom stereocenters. The summed E-state index contributed by atoms with van der Waals surface area (Å²) in [6.45, 7) is 4.01. The summed E-state index contributed by atoms with van der Waals surface area (Å²) in [6.07, 6.45) is 2.92. The second kappa shape index (κ2) is 6.58. The Morgan fingerprint density at radius 2 is 1.62 bits per heavy atom. The van der Waals surface area contributed by atoms with Crippen LogP contribution in [0.2, 0.25) is 0 Å². The summed E-state index contributed by atoms with van der Waals surface area (Å²) in [4.78, 5) is 20.6. The fourth-order valence-corrected chi connectivity index (χ4v) is 2.22. The molecule has 0 radical (unpaired) electrons. The normalized spacial score (nSPS) is 10.5. The lowest BCUT2D eigenvalue weighted by molar-refractivity contribution is 0.102. The Balaban J connectivity index is 1.76.